The molecule has 0 aliphatic rings. The number of carbonyl (C=O) groups excluding carboxylic acids is 1. The second-order valence-corrected chi connectivity index (χ2v) is 6.14. The SMILES string of the molecule is Cc1cc(C)cc(C(=O)NCCNc2nc(C)cc(N(C)C)n2)c1. The summed E-state index contributed by atoms with van der Waals surface area (Å²) in [5.41, 5.74) is 3.76. The zero-order chi connectivity index (χ0) is 17.7. The molecule has 0 aliphatic heterocycles. The van der Waals surface area contributed by atoms with E-state index in [1.807, 2.05) is 58.0 Å². The summed E-state index contributed by atoms with van der Waals surface area (Å²) >= 11 is 0. The molecular formula is C18H25N5O. The minimum atomic E-state index is -0.0669. The molecule has 0 aliphatic carbocycles. The van der Waals surface area contributed by atoms with Crippen LogP contribution in [-0.2, 0) is 0 Å². The summed E-state index contributed by atoms with van der Waals surface area (Å²) in [5, 5.41) is 6.05. The normalized spacial score (nSPS) is 10.4. The van der Waals surface area contributed by atoms with Crippen molar-refractivity contribution in [1.29, 1.82) is 0 Å². The number of aryl methyl sites for hydroxylation is 3. The monoisotopic (exact) mass is 327 g/mol. The van der Waals surface area contributed by atoms with E-state index in [9.17, 15) is 4.79 Å². The minimum absolute atomic E-state index is 0.0669. The fraction of sp³-hybridized carbons (Fsp3) is 0.389. The van der Waals surface area contributed by atoms with Crippen LogP contribution in [0.4, 0.5) is 11.8 Å². The van der Waals surface area contributed by atoms with Gasteiger partial charge in [0.1, 0.15) is 5.82 Å². The maximum absolute atomic E-state index is 12.2. The fourth-order valence-corrected chi connectivity index (χ4v) is 2.42. The predicted molar refractivity (Wildman–Crippen MR) is 97.8 cm³/mol. The molecule has 1 aromatic heterocycles. The summed E-state index contributed by atoms with van der Waals surface area (Å²) in [6.07, 6.45) is 0. The van der Waals surface area contributed by atoms with E-state index < -0.39 is 0 Å². The predicted octanol–water partition coefficient (Wildman–Crippen LogP) is 2.31. The van der Waals surface area contributed by atoms with Gasteiger partial charge in [0.05, 0.1) is 0 Å². The lowest BCUT2D eigenvalue weighted by Gasteiger charge is -2.14. The van der Waals surface area contributed by atoms with Crippen LogP contribution in [0.1, 0.15) is 27.2 Å². The third-order valence-electron chi connectivity index (χ3n) is 3.48. The Morgan fingerprint density at radius 3 is 2.29 bits per heavy atom. The number of nitrogens with zero attached hydrogens (tertiary/aromatic N) is 3. The first-order valence-corrected chi connectivity index (χ1v) is 7.98. The molecule has 128 valence electrons. The first kappa shape index (κ1) is 17.7. The maximum Gasteiger partial charge on any atom is 0.251 e. The Balaban J connectivity index is 1.87. The van der Waals surface area contributed by atoms with Crippen molar-refractivity contribution in [2.75, 3.05) is 37.4 Å². The van der Waals surface area contributed by atoms with Crippen molar-refractivity contribution in [3.8, 4) is 0 Å². The summed E-state index contributed by atoms with van der Waals surface area (Å²) < 4.78 is 0. The molecule has 0 bridgehead atoms. The molecule has 0 saturated carbocycles. The number of anilines is 2. The lowest BCUT2D eigenvalue weighted by atomic mass is 10.1. The Morgan fingerprint density at radius 2 is 1.67 bits per heavy atom. The molecule has 6 heteroatoms. The average Bonchev–Trinajstić information content (AvgIpc) is 2.49. The second kappa shape index (κ2) is 7.77. The van der Waals surface area contributed by atoms with Crippen LogP contribution >= 0.6 is 0 Å². The van der Waals surface area contributed by atoms with Crippen LogP contribution in [0.2, 0.25) is 0 Å². The van der Waals surface area contributed by atoms with E-state index >= 15 is 0 Å². The quantitative estimate of drug-likeness (QED) is 0.797. The number of amides is 1. The first-order valence-electron chi connectivity index (χ1n) is 7.98. The van der Waals surface area contributed by atoms with Crippen LogP contribution in [0.3, 0.4) is 0 Å². The molecule has 24 heavy (non-hydrogen) atoms. The molecule has 0 spiro atoms. The van der Waals surface area contributed by atoms with Gasteiger partial charge in [-0.2, -0.15) is 4.98 Å². The van der Waals surface area contributed by atoms with Crippen molar-refractivity contribution >= 4 is 17.7 Å². The van der Waals surface area contributed by atoms with Crippen molar-refractivity contribution in [1.82, 2.24) is 15.3 Å². The molecule has 1 amide bonds. The van der Waals surface area contributed by atoms with E-state index in [1.165, 1.54) is 0 Å². The average molecular weight is 327 g/mol. The summed E-state index contributed by atoms with van der Waals surface area (Å²) in [4.78, 5) is 22.9. The number of nitrogens with one attached hydrogen (secondary N) is 2. The first-order chi connectivity index (χ1) is 11.3. The van der Waals surface area contributed by atoms with Gasteiger partial charge in [-0.1, -0.05) is 17.2 Å². The second-order valence-electron chi connectivity index (χ2n) is 6.14. The molecule has 2 N–H and O–H groups in total. The van der Waals surface area contributed by atoms with Gasteiger partial charge in [0.15, 0.2) is 0 Å². The standard InChI is InChI=1S/C18H25N5O/c1-12-8-13(2)10-15(9-12)17(24)19-6-7-20-18-21-14(3)11-16(22-18)23(4)5/h8-11H,6-7H2,1-5H3,(H,19,24)(H,20,21,22). The van der Waals surface area contributed by atoms with E-state index in [1.54, 1.807) is 0 Å². The highest BCUT2D eigenvalue weighted by molar-refractivity contribution is 5.94. The van der Waals surface area contributed by atoms with E-state index in [0.717, 1.165) is 22.6 Å². The van der Waals surface area contributed by atoms with Gasteiger partial charge in [-0.25, -0.2) is 4.98 Å². The van der Waals surface area contributed by atoms with Crippen LogP contribution in [-0.4, -0.2) is 43.1 Å². The maximum atomic E-state index is 12.2. The number of benzene rings is 1. The molecule has 0 saturated heterocycles. The molecule has 6 nitrogen and oxygen atoms in total. The number of carbonyl (C=O) groups is 1. The smallest absolute Gasteiger partial charge is 0.251 e. The zero-order valence-electron chi connectivity index (χ0n) is 15.0. The highest BCUT2D eigenvalue weighted by atomic mass is 16.1. The Kier molecular flexibility index (Phi) is 5.73. The summed E-state index contributed by atoms with van der Waals surface area (Å²) in [7, 11) is 3.88. The third kappa shape index (κ3) is 4.94. The van der Waals surface area contributed by atoms with Crippen molar-refractivity contribution in [2.24, 2.45) is 0 Å². The molecule has 0 radical (unpaired) electrons. The van der Waals surface area contributed by atoms with Gasteiger partial charge in [-0.15, -0.1) is 0 Å². The van der Waals surface area contributed by atoms with Gasteiger partial charge in [0.25, 0.3) is 5.91 Å². The van der Waals surface area contributed by atoms with Gasteiger partial charge in [-0.05, 0) is 32.9 Å². The topological polar surface area (TPSA) is 70.2 Å². The van der Waals surface area contributed by atoms with E-state index in [4.69, 9.17) is 0 Å². The van der Waals surface area contributed by atoms with Crippen molar-refractivity contribution < 1.29 is 4.79 Å². The van der Waals surface area contributed by atoms with Gasteiger partial charge in [0, 0.05) is 44.5 Å². The largest absolute Gasteiger partial charge is 0.363 e. The molecule has 2 aromatic rings. The molecule has 1 aromatic carbocycles. The molecule has 0 unspecified atom stereocenters. The van der Waals surface area contributed by atoms with E-state index in [-0.39, 0.29) is 5.91 Å². The highest BCUT2D eigenvalue weighted by Crippen LogP contribution is 2.12. The van der Waals surface area contributed by atoms with Crippen LogP contribution < -0.4 is 15.5 Å². The number of rotatable bonds is 6. The van der Waals surface area contributed by atoms with Gasteiger partial charge < -0.3 is 15.5 Å². The minimum Gasteiger partial charge on any atom is -0.363 e. The van der Waals surface area contributed by atoms with Gasteiger partial charge >= 0.3 is 0 Å². The van der Waals surface area contributed by atoms with E-state index in [0.29, 0.717) is 24.6 Å². The summed E-state index contributed by atoms with van der Waals surface area (Å²) in [6.45, 7) is 6.97. The van der Waals surface area contributed by atoms with Crippen LogP contribution in [0.25, 0.3) is 0 Å². The summed E-state index contributed by atoms with van der Waals surface area (Å²) in [5.74, 6) is 1.35. The number of hydrogen-bond acceptors (Lipinski definition) is 5. The zero-order valence-corrected chi connectivity index (χ0v) is 15.0. The van der Waals surface area contributed by atoms with Crippen LogP contribution in [0.5, 0.6) is 0 Å². The molecule has 0 atom stereocenters. The van der Waals surface area contributed by atoms with Gasteiger partial charge in [-0.3, -0.25) is 4.79 Å². The van der Waals surface area contributed by atoms with Crippen molar-refractivity contribution in [3.05, 3.63) is 46.6 Å². The molecular weight excluding hydrogens is 302 g/mol. The lowest BCUT2D eigenvalue weighted by Crippen LogP contribution is -2.29. The Labute approximate surface area is 143 Å². The molecule has 1 heterocycles. The Morgan fingerprint density at radius 1 is 1.00 bits per heavy atom. The van der Waals surface area contributed by atoms with Gasteiger partial charge in [0.2, 0.25) is 5.95 Å². The summed E-state index contributed by atoms with van der Waals surface area (Å²) in [6, 6.07) is 7.76. The van der Waals surface area contributed by atoms with Crippen molar-refractivity contribution in [2.45, 2.75) is 20.8 Å². The third-order valence-corrected chi connectivity index (χ3v) is 3.48. The fourth-order valence-electron chi connectivity index (χ4n) is 2.42. The highest BCUT2D eigenvalue weighted by Gasteiger charge is 2.07. The molecule has 0 fully saturated rings. The Hall–Kier alpha value is -2.63. The van der Waals surface area contributed by atoms with Crippen LogP contribution in [0.15, 0.2) is 24.3 Å². The molecule has 2 rings (SSSR count). The number of aromatic nitrogens is 2. The van der Waals surface area contributed by atoms with E-state index in [2.05, 4.69) is 26.7 Å². The Bertz CT molecular complexity index is 707. The van der Waals surface area contributed by atoms with Crippen molar-refractivity contribution in [3.63, 3.8) is 0 Å². The lowest BCUT2D eigenvalue weighted by molar-refractivity contribution is 0.0955. The number of hydrogen-bond donors (Lipinski definition) is 2. The van der Waals surface area contributed by atoms with Crippen LogP contribution in [0, 0.1) is 20.8 Å².